The highest BCUT2D eigenvalue weighted by atomic mass is 15.1. The van der Waals surface area contributed by atoms with E-state index < -0.39 is 0 Å². The number of imidazole rings is 1. The summed E-state index contributed by atoms with van der Waals surface area (Å²) in [6.45, 7) is 6.91. The van der Waals surface area contributed by atoms with Crippen LogP contribution in [0.3, 0.4) is 0 Å². The van der Waals surface area contributed by atoms with E-state index in [1.165, 1.54) is 17.7 Å². The van der Waals surface area contributed by atoms with E-state index >= 15 is 0 Å². The molecule has 0 fully saturated rings. The minimum absolute atomic E-state index is 0.273. The molecule has 0 saturated heterocycles. The zero-order valence-electron chi connectivity index (χ0n) is 16.8. The van der Waals surface area contributed by atoms with E-state index in [2.05, 4.69) is 42.3 Å². The maximum atomic E-state index is 7.20. The van der Waals surface area contributed by atoms with Crippen LogP contribution in [-0.4, -0.2) is 20.1 Å². The SMILES string of the molecule is C=CCn1c(CC(N)(CCC)C2CCCc3cccnc32)nc2ccccc21. The second-order valence-corrected chi connectivity index (χ2v) is 8.07. The normalized spacial score (nSPS) is 18.6. The first-order valence-corrected chi connectivity index (χ1v) is 10.4. The standard InChI is InChI=1S/C24H30N4/c1-3-14-24(25,19-11-7-9-18-10-8-15-26-23(18)19)17-22-27-20-12-5-6-13-21(20)28(22)16-4-2/h4-6,8,10,12-13,15,19H,2-3,7,9,11,14,16-17,25H2,1H3. The number of nitrogens with zero attached hydrogens (tertiary/aromatic N) is 3. The highest BCUT2D eigenvalue weighted by Crippen LogP contribution is 2.40. The topological polar surface area (TPSA) is 56.7 Å². The van der Waals surface area contributed by atoms with Crippen LogP contribution in [0, 0.1) is 0 Å². The minimum Gasteiger partial charge on any atom is -0.324 e. The Balaban J connectivity index is 1.76. The number of aryl methyl sites for hydroxylation is 1. The zero-order valence-corrected chi connectivity index (χ0v) is 16.8. The quantitative estimate of drug-likeness (QED) is 0.606. The van der Waals surface area contributed by atoms with E-state index in [9.17, 15) is 0 Å². The van der Waals surface area contributed by atoms with Crippen molar-refractivity contribution in [3.05, 3.63) is 72.3 Å². The van der Waals surface area contributed by atoms with Gasteiger partial charge in [0.2, 0.25) is 0 Å². The third kappa shape index (κ3) is 3.37. The monoisotopic (exact) mass is 374 g/mol. The lowest BCUT2D eigenvalue weighted by atomic mass is 9.70. The lowest BCUT2D eigenvalue weighted by Crippen LogP contribution is -2.49. The second-order valence-electron chi connectivity index (χ2n) is 8.07. The van der Waals surface area contributed by atoms with Crippen molar-refractivity contribution in [1.82, 2.24) is 14.5 Å². The molecule has 1 aliphatic carbocycles. The maximum Gasteiger partial charge on any atom is 0.112 e. The van der Waals surface area contributed by atoms with Crippen LogP contribution < -0.4 is 5.73 Å². The Hall–Kier alpha value is -2.46. The number of allylic oxidation sites excluding steroid dienone is 1. The summed E-state index contributed by atoms with van der Waals surface area (Å²) in [6.07, 6.45) is 10.0. The van der Waals surface area contributed by atoms with Gasteiger partial charge in [-0.3, -0.25) is 4.98 Å². The molecule has 3 aromatic rings. The van der Waals surface area contributed by atoms with Gasteiger partial charge < -0.3 is 10.3 Å². The molecule has 146 valence electrons. The molecule has 2 heterocycles. The molecule has 0 radical (unpaired) electrons. The van der Waals surface area contributed by atoms with E-state index in [1.54, 1.807) is 0 Å². The van der Waals surface area contributed by atoms with Gasteiger partial charge in [-0.1, -0.05) is 37.6 Å². The molecular formula is C24H30N4. The molecule has 0 aliphatic heterocycles. The molecule has 28 heavy (non-hydrogen) atoms. The lowest BCUT2D eigenvalue weighted by molar-refractivity contribution is 0.277. The van der Waals surface area contributed by atoms with Gasteiger partial charge in [-0.2, -0.15) is 0 Å². The van der Waals surface area contributed by atoms with Crippen LogP contribution in [0.1, 0.15) is 55.6 Å². The van der Waals surface area contributed by atoms with Gasteiger partial charge in [0.15, 0.2) is 0 Å². The van der Waals surface area contributed by atoms with Crippen LogP contribution in [0.25, 0.3) is 11.0 Å². The third-order valence-corrected chi connectivity index (χ3v) is 6.14. The Morgan fingerprint density at radius 2 is 2.14 bits per heavy atom. The number of rotatable bonds is 7. The number of aromatic nitrogens is 3. The molecule has 0 spiro atoms. The van der Waals surface area contributed by atoms with Gasteiger partial charge in [0.1, 0.15) is 5.82 Å². The Kier molecular flexibility index (Phi) is 5.31. The van der Waals surface area contributed by atoms with Crippen molar-refractivity contribution in [3.8, 4) is 0 Å². The van der Waals surface area contributed by atoms with Gasteiger partial charge in [-0.05, 0) is 49.4 Å². The Morgan fingerprint density at radius 3 is 2.96 bits per heavy atom. The molecule has 0 bridgehead atoms. The van der Waals surface area contributed by atoms with E-state index in [-0.39, 0.29) is 11.5 Å². The minimum atomic E-state index is -0.349. The lowest BCUT2D eigenvalue weighted by Gasteiger charge is -2.40. The molecule has 2 atom stereocenters. The van der Waals surface area contributed by atoms with Crippen molar-refractivity contribution in [2.45, 2.75) is 63.5 Å². The molecule has 1 aromatic carbocycles. The predicted molar refractivity (Wildman–Crippen MR) is 115 cm³/mol. The molecule has 0 saturated carbocycles. The number of benzene rings is 1. The van der Waals surface area contributed by atoms with E-state index in [1.807, 2.05) is 24.4 Å². The average molecular weight is 375 g/mol. The predicted octanol–water partition coefficient (Wildman–Crippen LogP) is 4.78. The number of hydrogen-bond donors (Lipinski definition) is 1. The molecule has 4 rings (SSSR count). The first kappa shape index (κ1) is 18.9. The van der Waals surface area contributed by atoms with E-state index in [0.29, 0.717) is 0 Å². The largest absolute Gasteiger partial charge is 0.324 e. The van der Waals surface area contributed by atoms with Crippen LogP contribution >= 0.6 is 0 Å². The Labute approximate surface area is 167 Å². The summed E-state index contributed by atoms with van der Waals surface area (Å²) in [4.78, 5) is 9.73. The van der Waals surface area contributed by atoms with Crippen molar-refractivity contribution < 1.29 is 0 Å². The maximum absolute atomic E-state index is 7.20. The summed E-state index contributed by atoms with van der Waals surface area (Å²) in [5, 5.41) is 0. The van der Waals surface area contributed by atoms with Crippen LogP contribution in [-0.2, 0) is 19.4 Å². The number of para-hydroxylation sites is 2. The Morgan fingerprint density at radius 1 is 1.29 bits per heavy atom. The first-order valence-electron chi connectivity index (χ1n) is 10.4. The molecule has 0 amide bonds. The number of hydrogen-bond acceptors (Lipinski definition) is 3. The van der Waals surface area contributed by atoms with Crippen LogP contribution in [0.5, 0.6) is 0 Å². The molecule has 2 unspecified atom stereocenters. The second kappa shape index (κ2) is 7.88. The molecule has 2 aromatic heterocycles. The van der Waals surface area contributed by atoms with Gasteiger partial charge in [0.25, 0.3) is 0 Å². The van der Waals surface area contributed by atoms with Crippen molar-refractivity contribution >= 4 is 11.0 Å². The fourth-order valence-electron chi connectivity index (χ4n) is 4.91. The summed E-state index contributed by atoms with van der Waals surface area (Å²) in [5.74, 6) is 1.33. The molecule has 2 N–H and O–H groups in total. The molecule has 1 aliphatic rings. The van der Waals surface area contributed by atoms with Crippen molar-refractivity contribution in [1.29, 1.82) is 0 Å². The smallest absolute Gasteiger partial charge is 0.112 e. The summed E-state index contributed by atoms with van der Waals surface area (Å²) in [5.41, 5.74) is 11.6. The molecule has 4 heteroatoms. The van der Waals surface area contributed by atoms with Gasteiger partial charge in [0.05, 0.1) is 11.0 Å². The van der Waals surface area contributed by atoms with E-state index in [0.717, 1.165) is 55.5 Å². The summed E-state index contributed by atoms with van der Waals surface area (Å²) < 4.78 is 2.27. The van der Waals surface area contributed by atoms with Crippen LogP contribution in [0.2, 0.25) is 0 Å². The highest BCUT2D eigenvalue weighted by molar-refractivity contribution is 5.76. The third-order valence-electron chi connectivity index (χ3n) is 6.14. The highest BCUT2D eigenvalue weighted by Gasteiger charge is 2.39. The van der Waals surface area contributed by atoms with Gasteiger partial charge in [-0.25, -0.2) is 4.98 Å². The number of pyridine rings is 1. The number of nitrogens with two attached hydrogens (primary N) is 1. The fraction of sp³-hybridized carbons (Fsp3) is 0.417. The Bertz CT molecular complexity index is 974. The van der Waals surface area contributed by atoms with Gasteiger partial charge in [-0.15, -0.1) is 6.58 Å². The van der Waals surface area contributed by atoms with Crippen molar-refractivity contribution in [2.24, 2.45) is 5.73 Å². The fourth-order valence-corrected chi connectivity index (χ4v) is 4.91. The summed E-state index contributed by atoms with van der Waals surface area (Å²) in [7, 11) is 0. The van der Waals surface area contributed by atoms with Crippen LogP contribution in [0.15, 0.2) is 55.3 Å². The zero-order chi connectivity index (χ0) is 19.6. The van der Waals surface area contributed by atoms with Gasteiger partial charge >= 0.3 is 0 Å². The van der Waals surface area contributed by atoms with E-state index in [4.69, 9.17) is 15.7 Å². The first-order chi connectivity index (χ1) is 13.7. The van der Waals surface area contributed by atoms with Crippen molar-refractivity contribution in [3.63, 3.8) is 0 Å². The summed E-state index contributed by atoms with van der Waals surface area (Å²) >= 11 is 0. The van der Waals surface area contributed by atoms with Gasteiger partial charge in [0, 0.05) is 36.3 Å². The molecule has 4 nitrogen and oxygen atoms in total. The summed E-state index contributed by atoms with van der Waals surface area (Å²) in [6, 6.07) is 12.6. The van der Waals surface area contributed by atoms with Crippen molar-refractivity contribution in [2.75, 3.05) is 0 Å². The van der Waals surface area contributed by atoms with Crippen LogP contribution in [0.4, 0.5) is 0 Å². The molecular weight excluding hydrogens is 344 g/mol. The number of fused-ring (bicyclic) bond motifs is 2. The average Bonchev–Trinajstić information content (AvgIpc) is 3.05.